The molecule has 0 unspecified atom stereocenters. The van der Waals surface area contributed by atoms with Gasteiger partial charge in [-0.25, -0.2) is 4.79 Å². The maximum atomic E-state index is 13.1. The van der Waals surface area contributed by atoms with Crippen molar-refractivity contribution in [2.24, 2.45) is 5.92 Å². The quantitative estimate of drug-likeness (QED) is 0.869. The van der Waals surface area contributed by atoms with Crippen LogP contribution >= 0.6 is 0 Å². The van der Waals surface area contributed by atoms with Crippen molar-refractivity contribution in [1.82, 2.24) is 9.88 Å². The Morgan fingerprint density at radius 2 is 2.00 bits per heavy atom. The number of likely N-dealkylation sites (tertiary alicyclic amines) is 1. The number of aryl methyl sites for hydroxylation is 1. The second-order valence-corrected chi connectivity index (χ2v) is 6.67. The van der Waals surface area contributed by atoms with Crippen LogP contribution in [0.5, 0.6) is 0 Å². The van der Waals surface area contributed by atoms with Crippen molar-refractivity contribution in [3.05, 3.63) is 22.5 Å². The summed E-state index contributed by atoms with van der Waals surface area (Å²) in [7, 11) is 1.37. The third kappa shape index (κ3) is 3.43. The number of amides is 1. The molecule has 0 aliphatic carbocycles. The van der Waals surface area contributed by atoms with E-state index in [0.717, 1.165) is 31.5 Å². The predicted molar refractivity (Wildman–Crippen MR) is 89.8 cm³/mol. The van der Waals surface area contributed by atoms with Gasteiger partial charge in [0.1, 0.15) is 5.69 Å². The molecule has 1 fully saturated rings. The number of aromatic amines is 1. The molecule has 5 heteroatoms. The lowest BCUT2D eigenvalue weighted by atomic mass is 10.1. The van der Waals surface area contributed by atoms with Crippen molar-refractivity contribution in [2.45, 2.75) is 59.4 Å². The molecule has 1 aliphatic heterocycles. The fourth-order valence-corrected chi connectivity index (χ4v) is 3.47. The van der Waals surface area contributed by atoms with Gasteiger partial charge < -0.3 is 14.6 Å². The molecule has 23 heavy (non-hydrogen) atoms. The number of aromatic nitrogens is 1. The topological polar surface area (TPSA) is 62.4 Å². The lowest BCUT2D eigenvalue weighted by molar-refractivity contribution is 0.0599. The van der Waals surface area contributed by atoms with Gasteiger partial charge in [-0.1, -0.05) is 20.3 Å². The van der Waals surface area contributed by atoms with E-state index in [2.05, 4.69) is 18.8 Å². The summed E-state index contributed by atoms with van der Waals surface area (Å²) in [6.45, 7) is 8.85. The highest BCUT2D eigenvalue weighted by atomic mass is 16.5. The van der Waals surface area contributed by atoms with E-state index in [-0.39, 0.29) is 17.9 Å². The number of rotatable bonds is 3. The molecule has 5 nitrogen and oxygen atoms in total. The predicted octanol–water partition coefficient (Wildman–Crippen LogP) is 3.32. The van der Waals surface area contributed by atoms with Crippen molar-refractivity contribution in [3.8, 4) is 0 Å². The van der Waals surface area contributed by atoms with E-state index < -0.39 is 0 Å². The number of carbonyl (C=O) groups is 2. The number of nitrogens with zero attached hydrogens (tertiary/aromatic N) is 1. The van der Waals surface area contributed by atoms with Gasteiger partial charge in [0.15, 0.2) is 0 Å². The van der Waals surface area contributed by atoms with E-state index in [0.29, 0.717) is 29.2 Å². The van der Waals surface area contributed by atoms with Gasteiger partial charge in [0.25, 0.3) is 5.91 Å². The van der Waals surface area contributed by atoms with Crippen LogP contribution in [-0.2, 0) is 11.2 Å². The van der Waals surface area contributed by atoms with Crippen LogP contribution in [0.1, 0.15) is 72.1 Å². The Hall–Kier alpha value is -1.78. The second kappa shape index (κ2) is 7.20. The minimum atomic E-state index is -0.382. The van der Waals surface area contributed by atoms with Crippen molar-refractivity contribution in [1.29, 1.82) is 0 Å². The fourth-order valence-electron chi connectivity index (χ4n) is 3.47. The highest BCUT2D eigenvalue weighted by Gasteiger charge is 2.30. The fraction of sp³-hybridized carbons (Fsp3) is 0.667. The number of ether oxygens (including phenoxy) is 1. The summed E-state index contributed by atoms with van der Waals surface area (Å²) in [6.07, 6.45) is 4.00. The van der Waals surface area contributed by atoms with Crippen LogP contribution in [0.4, 0.5) is 0 Å². The van der Waals surface area contributed by atoms with Gasteiger partial charge in [-0.15, -0.1) is 0 Å². The van der Waals surface area contributed by atoms with E-state index in [9.17, 15) is 9.59 Å². The first-order valence-electron chi connectivity index (χ1n) is 8.51. The number of nitrogens with one attached hydrogen (secondary N) is 1. The van der Waals surface area contributed by atoms with Gasteiger partial charge in [0.05, 0.1) is 12.7 Å². The molecule has 1 aromatic rings. The zero-order valence-corrected chi connectivity index (χ0v) is 14.9. The second-order valence-electron chi connectivity index (χ2n) is 6.67. The lowest BCUT2D eigenvalue weighted by Crippen LogP contribution is -2.40. The van der Waals surface area contributed by atoms with Gasteiger partial charge in [0, 0.05) is 18.3 Å². The first kappa shape index (κ1) is 17.6. The van der Waals surface area contributed by atoms with Crippen molar-refractivity contribution >= 4 is 11.9 Å². The van der Waals surface area contributed by atoms with Crippen LogP contribution in [-0.4, -0.2) is 41.5 Å². The van der Waals surface area contributed by atoms with Crippen LogP contribution in [0.25, 0.3) is 0 Å². The molecule has 0 aromatic carbocycles. The van der Waals surface area contributed by atoms with Gasteiger partial charge in [-0.2, -0.15) is 0 Å². The third-order valence-electron chi connectivity index (χ3n) is 4.90. The molecule has 1 saturated heterocycles. The smallest absolute Gasteiger partial charge is 0.339 e. The average Bonchev–Trinajstić information content (AvgIpc) is 2.77. The summed E-state index contributed by atoms with van der Waals surface area (Å²) in [5.74, 6) is 0.116. The van der Waals surface area contributed by atoms with Gasteiger partial charge in [-0.3, -0.25) is 4.79 Å². The van der Waals surface area contributed by atoms with E-state index in [1.165, 1.54) is 7.11 Å². The largest absolute Gasteiger partial charge is 0.465 e. The summed E-state index contributed by atoms with van der Waals surface area (Å²) >= 11 is 0. The van der Waals surface area contributed by atoms with Crippen molar-refractivity contribution < 1.29 is 14.3 Å². The molecule has 0 spiro atoms. The normalized spacial score (nSPS) is 21.9. The molecule has 0 saturated carbocycles. The minimum Gasteiger partial charge on any atom is -0.465 e. The number of esters is 1. The summed E-state index contributed by atoms with van der Waals surface area (Å²) < 4.78 is 4.87. The first-order valence-corrected chi connectivity index (χ1v) is 8.51. The highest BCUT2D eigenvalue weighted by Crippen LogP contribution is 2.26. The molecule has 1 N–H and O–H groups in total. The van der Waals surface area contributed by atoms with Crippen LogP contribution < -0.4 is 0 Å². The number of H-pyrrole nitrogens is 1. The summed E-state index contributed by atoms with van der Waals surface area (Å²) in [4.78, 5) is 30.2. The summed E-state index contributed by atoms with van der Waals surface area (Å²) in [5, 5.41) is 0. The number of methoxy groups -OCH3 is 1. The Morgan fingerprint density at radius 1 is 1.30 bits per heavy atom. The molecule has 1 aliphatic rings. The number of hydrogen-bond acceptors (Lipinski definition) is 3. The molecule has 2 rings (SSSR count). The maximum Gasteiger partial charge on any atom is 0.339 e. The number of hydrogen-bond donors (Lipinski definition) is 1. The average molecular weight is 320 g/mol. The molecule has 2 atom stereocenters. The zero-order chi connectivity index (χ0) is 17.1. The van der Waals surface area contributed by atoms with Gasteiger partial charge in [-0.05, 0) is 44.6 Å². The standard InChI is InChI=1S/C18H28N2O3/c1-6-14-15(18(22)23-5)13(4)16(19-14)17(21)20-10-11(2)8-7-9-12(20)3/h11-12,19H,6-10H2,1-5H3/t11-,12-/m0/s1. The van der Waals surface area contributed by atoms with Gasteiger partial charge >= 0.3 is 5.97 Å². The molecular weight excluding hydrogens is 292 g/mol. The Labute approximate surface area is 138 Å². The van der Waals surface area contributed by atoms with E-state index in [1.54, 1.807) is 0 Å². The minimum absolute atomic E-state index is 0.00592. The molecule has 1 amide bonds. The first-order chi connectivity index (χ1) is 10.9. The highest BCUT2D eigenvalue weighted by molar-refractivity contribution is 6.00. The van der Waals surface area contributed by atoms with Crippen molar-refractivity contribution in [2.75, 3.05) is 13.7 Å². The number of carbonyl (C=O) groups excluding carboxylic acids is 2. The van der Waals surface area contributed by atoms with Crippen LogP contribution in [0, 0.1) is 12.8 Å². The Bertz CT molecular complexity index is 591. The molecule has 2 heterocycles. The van der Waals surface area contributed by atoms with E-state index in [1.807, 2.05) is 18.7 Å². The molecule has 128 valence electrons. The monoisotopic (exact) mass is 320 g/mol. The third-order valence-corrected chi connectivity index (χ3v) is 4.90. The van der Waals surface area contributed by atoms with Gasteiger partial charge in [0.2, 0.25) is 0 Å². The molecule has 0 radical (unpaired) electrons. The van der Waals surface area contributed by atoms with E-state index in [4.69, 9.17) is 4.74 Å². The lowest BCUT2D eigenvalue weighted by Gasteiger charge is -2.28. The summed E-state index contributed by atoms with van der Waals surface area (Å²) in [6, 6.07) is 0.224. The van der Waals surface area contributed by atoms with Crippen LogP contribution in [0.15, 0.2) is 0 Å². The Balaban J connectivity index is 2.38. The van der Waals surface area contributed by atoms with Crippen molar-refractivity contribution in [3.63, 3.8) is 0 Å². The van der Waals surface area contributed by atoms with Crippen LogP contribution in [0.2, 0.25) is 0 Å². The van der Waals surface area contributed by atoms with Crippen LogP contribution in [0.3, 0.4) is 0 Å². The zero-order valence-electron chi connectivity index (χ0n) is 14.9. The Kier molecular flexibility index (Phi) is 5.50. The van der Waals surface area contributed by atoms with E-state index >= 15 is 0 Å². The molecule has 0 bridgehead atoms. The molecule has 1 aromatic heterocycles. The molecular formula is C18H28N2O3. The SMILES string of the molecule is CCc1[nH]c(C(=O)N2C[C@@H](C)CCC[C@@H]2C)c(C)c1C(=O)OC. The summed E-state index contributed by atoms with van der Waals surface area (Å²) in [5.41, 5.74) is 2.51. The Morgan fingerprint density at radius 3 is 2.61 bits per heavy atom. The maximum absolute atomic E-state index is 13.1.